The fourth-order valence-electron chi connectivity index (χ4n) is 2.32. The molecule has 0 saturated heterocycles. The van der Waals surface area contributed by atoms with Gasteiger partial charge in [0.2, 0.25) is 0 Å². The number of hydrogen-bond acceptors (Lipinski definition) is 3. The largest absolute Gasteiger partial charge is 0.465 e. The highest BCUT2D eigenvalue weighted by Gasteiger charge is 2.16. The Morgan fingerprint density at radius 1 is 1.04 bits per heavy atom. The van der Waals surface area contributed by atoms with Gasteiger partial charge < -0.3 is 9.72 Å². The summed E-state index contributed by atoms with van der Waals surface area (Å²) in [4.78, 5) is 19.0. The Balaban J connectivity index is 2.10. The fourth-order valence-corrected chi connectivity index (χ4v) is 2.64. The summed E-state index contributed by atoms with van der Waals surface area (Å²) in [6.07, 6.45) is 3.56. The van der Waals surface area contributed by atoms with Gasteiger partial charge >= 0.3 is 5.97 Å². The number of benzene rings is 1. The van der Waals surface area contributed by atoms with E-state index < -0.39 is 0 Å². The van der Waals surface area contributed by atoms with Crippen molar-refractivity contribution in [2.75, 3.05) is 7.11 Å². The van der Waals surface area contributed by atoms with Crippen molar-refractivity contribution in [2.45, 2.75) is 0 Å². The predicted octanol–water partition coefficient (Wildman–Crippen LogP) is 4.42. The number of hydrogen-bond donors (Lipinski definition) is 1. The third-order valence-corrected chi connectivity index (χ3v) is 3.81. The number of aliphatic imine (C=N–C) groups is 1. The van der Waals surface area contributed by atoms with Gasteiger partial charge in [0.25, 0.3) is 0 Å². The zero-order chi connectivity index (χ0) is 16.4. The molecular weight excluding hydrogens is 335 g/mol. The van der Waals surface area contributed by atoms with Crippen molar-refractivity contribution in [2.24, 2.45) is 4.99 Å². The first-order chi connectivity index (χ1) is 11.1. The second-order valence-corrected chi connectivity index (χ2v) is 5.61. The molecule has 0 fully saturated rings. The Hall–Kier alpha value is -2.30. The number of aromatic amines is 1. The summed E-state index contributed by atoms with van der Waals surface area (Å²) >= 11 is 11.9. The fraction of sp³-hybridized carbons (Fsp3) is 0.0588. The average Bonchev–Trinajstić information content (AvgIpc) is 3.17. The van der Waals surface area contributed by atoms with Crippen molar-refractivity contribution in [1.29, 1.82) is 0 Å². The van der Waals surface area contributed by atoms with Crippen molar-refractivity contribution in [3.8, 4) is 0 Å². The van der Waals surface area contributed by atoms with Crippen LogP contribution in [0.3, 0.4) is 0 Å². The van der Waals surface area contributed by atoms with E-state index in [1.165, 1.54) is 7.11 Å². The number of carbonyl (C=O) groups excluding carboxylic acids is 1. The average molecular weight is 347 g/mol. The second-order valence-electron chi connectivity index (χ2n) is 4.82. The van der Waals surface area contributed by atoms with Crippen molar-refractivity contribution in [3.63, 3.8) is 0 Å². The van der Waals surface area contributed by atoms with Gasteiger partial charge in [-0.05, 0) is 42.0 Å². The molecule has 1 aromatic carbocycles. The van der Waals surface area contributed by atoms with Crippen LogP contribution in [0, 0.1) is 0 Å². The number of methoxy groups -OCH3 is 1. The Bertz CT molecular complexity index is 846. The van der Waals surface area contributed by atoms with Gasteiger partial charge in [0.15, 0.2) is 0 Å². The SMILES string of the molecule is COC(=O)c1ccc(/C(=C2/C=CC(Cl)=N2)c2ccc(Cl)[nH]2)cc1. The maximum absolute atomic E-state index is 11.6. The van der Waals surface area contributed by atoms with Crippen LogP contribution in [0.4, 0.5) is 0 Å². The first-order valence-corrected chi connectivity index (χ1v) is 7.54. The van der Waals surface area contributed by atoms with Crippen molar-refractivity contribution in [1.82, 2.24) is 4.98 Å². The molecule has 0 amide bonds. The van der Waals surface area contributed by atoms with Crippen molar-refractivity contribution < 1.29 is 9.53 Å². The lowest BCUT2D eigenvalue weighted by atomic mass is 9.99. The minimum Gasteiger partial charge on any atom is -0.465 e. The predicted molar refractivity (Wildman–Crippen MR) is 92.0 cm³/mol. The quantitative estimate of drug-likeness (QED) is 0.836. The molecule has 3 rings (SSSR count). The van der Waals surface area contributed by atoms with Crippen LogP contribution >= 0.6 is 23.2 Å². The third kappa shape index (κ3) is 3.23. The first-order valence-electron chi connectivity index (χ1n) is 6.78. The molecule has 1 aromatic heterocycles. The van der Waals surface area contributed by atoms with Crippen LogP contribution in [0.2, 0.25) is 5.15 Å². The minimum atomic E-state index is -0.379. The van der Waals surface area contributed by atoms with E-state index in [4.69, 9.17) is 27.9 Å². The van der Waals surface area contributed by atoms with E-state index in [-0.39, 0.29) is 5.97 Å². The number of allylic oxidation sites excluding steroid dienone is 2. The number of esters is 1. The van der Waals surface area contributed by atoms with E-state index in [9.17, 15) is 4.79 Å². The van der Waals surface area contributed by atoms with Crippen LogP contribution in [0.1, 0.15) is 21.6 Å². The molecule has 0 saturated carbocycles. The summed E-state index contributed by atoms with van der Waals surface area (Å²) in [5.74, 6) is -0.379. The molecule has 0 radical (unpaired) electrons. The zero-order valence-electron chi connectivity index (χ0n) is 12.1. The number of halogens is 2. The molecule has 1 N–H and O–H groups in total. The number of aromatic nitrogens is 1. The van der Waals surface area contributed by atoms with E-state index in [1.54, 1.807) is 24.3 Å². The van der Waals surface area contributed by atoms with Crippen LogP contribution < -0.4 is 0 Å². The Labute approximate surface area is 143 Å². The number of nitrogens with one attached hydrogen (secondary N) is 1. The lowest BCUT2D eigenvalue weighted by Gasteiger charge is -2.09. The topological polar surface area (TPSA) is 54.4 Å². The van der Waals surface area contributed by atoms with Crippen LogP contribution in [0.5, 0.6) is 0 Å². The molecular formula is C17H12Cl2N2O2. The number of rotatable bonds is 3. The van der Waals surface area contributed by atoms with Gasteiger partial charge in [0.05, 0.1) is 18.4 Å². The van der Waals surface area contributed by atoms with Gasteiger partial charge in [-0.15, -0.1) is 0 Å². The molecule has 1 aliphatic heterocycles. The number of ether oxygens (including phenoxy) is 1. The van der Waals surface area contributed by atoms with Crippen LogP contribution in [0.25, 0.3) is 5.57 Å². The molecule has 0 spiro atoms. The number of nitrogens with zero attached hydrogens (tertiary/aromatic N) is 1. The monoisotopic (exact) mass is 346 g/mol. The molecule has 2 heterocycles. The van der Waals surface area contributed by atoms with Gasteiger partial charge in [-0.1, -0.05) is 35.3 Å². The summed E-state index contributed by atoms with van der Waals surface area (Å²) in [6, 6.07) is 10.7. The normalized spacial score (nSPS) is 15.5. The minimum absolute atomic E-state index is 0.379. The summed E-state index contributed by atoms with van der Waals surface area (Å²) in [7, 11) is 1.35. The highest BCUT2D eigenvalue weighted by atomic mass is 35.5. The van der Waals surface area contributed by atoms with Gasteiger partial charge in [0, 0.05) is 11.3 Å². The Morgan fingerprint density at radius 3 is 2.26 bits per heavy atom. The van der Waals surface area contributed by atoms with E-state index >= 15 is 0 Å². The van der Waals surface area contributed by atoms with Crippen LogP contribution in [-0.4, -0.2) is 23.2 Å². The lowest BCUT2D eigenvalue weighted by Crippen LogP contribution is -2.01. The maximum Gasteiger partial charge on any atom is 0.337 e. The second kappa shape index (κ2) is 6.44. The first kappa shape index (κ1) is 15.6. The molecule has 1 aliphatic rings. The zero-order valence-corrected chi connectivity index (χ0v) is 13.7. The smallest absolute Gasteiger partial charge is 0.337 e. The maximum atomic E-state index is 11.6. The van der Waals surface area contributed by atoms with Gasteiger partial charge in [-0.25, -0.2) is 9.79 Å². The lowest BCUT2D eigenvalue weighted by molar-refractivity contribution is 0.0600. The molecule has 116 valence electrons. The molecule has 0 aliphatic carbocycles. The van der Waals surface area contributed by atoms with Gasteiger partial charge in [0.1, 0.15) is 10.3 Å². The summed E-state index contributed by atoms with van der Waals surface area (Å²) in [5, 5.41) is 0.947. The molecule has 0 bridgehead atoms. The standard InChI is InChI=1S/C17H12Cl2N2O2/c1-23-17(22)11-4-2-10(3-5-11)16(12-6-8-14(18)20-12)13-7-9-15(19)21-13/h2-9,20H,1H3/b16-13+. The highest BCUT2D eigenvalue weighted by Crippen LogP contribution is 2.31. The molecule has 6 heteroatoms. The summed E-state index contributed by atoms with van der Waals surface area (Å²) in [5.41, 5.74) is 3.75. The van der Waals surface area contributed by atoms with Gasteiger partial charge in [-0.3, -0.25) is 0 Å². The van der Waals surface area contributed by atoms with Crippen molar-refractivity contribution in [3.05, 3.63) is 76.2 Å². The van der Waals surface area contributed by atoms with Crippen LogP contribution in [-0.2, 0) is 4.74 Å². The third-order valence-electron chi connectivity index (χ3n) is 3.38. The molecule has 2 aromatic rings. The highest BCUT2D eigenvalue weighted by molar-refractivity contribution is 6.69. The molecule has 0 atom stereocenters. The van der Waals surface area contributed by atoms with E-state index in [1.807, 2.05) is 24.3 Å². The van der Waals surface area contributed by atoms with Crippen molar-refractivity contribution >= 4 is 39.9 Å². The van der Waals surface area contributed by atoms with E-state index in [0.29, 0.717) is 15.9 Å². The number of carbonyl (C=O) groups is 1. The Morgan fingerprint density at radius 2 is 1.74 bits per heavy atom. The Kier molecular flexibility index (Phi) is 4.37. The summed E-state index contributed by atoms with van der Waals surface area (Å²) < 4.78 is 4.71. The molecule has 4 nitrogen and oxygen atoms in total. The number of H-pyrrole nitrogens is 1. The van der Waals surface area contributed by atoms with Crippen LogP contribution in [0.15, 0.2) is 59.2 Å². The van der Waals surface area contributed by atoms with E-state index in [2.05, 4.69) is 9.98 Å². The molecule has 0 unspecified atom stereocenters. The molecule has 23 heavy (non-hydrogen) atoms. The summed E-state index contributed by atoms with van der Waals surface area (Å²) in [6.45, 7) is 0. The van der Waals surface area contributed by atoms with Gasteiger partial charge in [-0.2, -0.15) is 0 Å². The van der Waals surface area contributed by atoms with E-state index in [0.717, 1.165) is 22.5 Å².